The predicted octanol–water partition coefficient (Wildman–Crippen LogP) is 3.37. The molecule has 1 aromatic rings. The SMILES string of the molecule is Cc1cnc(C(C)NC2=NC3CCCC3CS2)s1. The number of rotatable bonds is 2. The smallest absolute Gasteiger partial charge is 0.157 e. The third-order valence-electron chi connectivity index (χ3n) is 3.69. The molecule has 5 heteroatoms. The summed E-state index contributed by atoms with van der Waals surface area (Å²) in [4.78, 5) is 10.6. The standard InChI is InChI=1S/C13H19N3S2/c1-8-6-14-12(18-8)9(2)15-13-16-11-5-3-4-10(11)7-17-13/h6,9-11H,3-5,7H2,1-2H3,(H,15,16). The first-order valence-corrected chi connectivity index (χ1v) is 8.42. The third-order valence-corrected chi connectivity index (χ3v) is 5.87. The fourth-order valence-electron chi connectivity index (χ4n) is 2.65. The summed E-state index contributed by atoms with van der Waals surface area (Å²) in [6.07, 6.45) is 5.95. The second kappa shape index (κ2) is 5.21. The molecule has 0 aromatic carbocycles. The summed E-state index contributed by atoms with van der Waals surface area (Å²) in [6.45, 7) is 4.27. The Kier molecular flexibility index (Phi) is 3.61. The first kappa shape index (κ1) is 12.5. The van der Waals surface area contributed by atoms with Crippen molar-refractivity contribution >= 4 is 28.3 Å². The molecule has 1 N–H and O–H groups in total. The first-order valence-electron chi connectivity index (χ1n) is 6.62. The monoisotopic (exact) mass is 281 g/mol. The van der Waals surface area contributed by atoms with Crippen LogP contribution in [0.2, 0.25) is 0 Å². The molecular formula is C13H19N3S2. The highest BCUT2D eigenvalue weighted by molar-refractivity contribution is 8.13. The molecule has 18 heavy (non-hydrogen) atoms. The predicted molar refractivity (Wildman–Crippen MR) is 79.4 cm³/mol. The molecule has 0 bridgehead atoms. The number of nitrogens with zero attached hydrogens (tertiary/aromatic N) is 2. The van der Waals surface area contributed by atoms with Crippen molar-refractivity contribution in [2.45, 2.75) is 45.2 Å². The number of aromatic nitrogens is 1. The van der Waals surface area contributed by atoms with E-state index in [0.717, 1.165) is 16.1 Å². The van der Waals surface area contributed by atoms with Crippen molar-refractivity contribution in [1.82, 2.24) is 10.3 Å². The van der Waals surface area contributed by atoms with Crippen molar-refractivity contribution in [3.63, 3.8) is 0 Å². The molecule has 1 aromatic heterocycles. The van der Waals surface area contributed by atoms with Gasteiger partial charge in [0.2, 0.25) is 0 Å². The molecule has 98 valence electrons. The number of hydrogen-bond donors (Lipinski definition) is 1. The van der Waals surface area contributed by atoms with Gasteiger partial charge in [-0.1, -0.05) is 18.2 Å². The summed E-state index contributed by atoms with van der Waals surface area (Å²) in [5.74, 6) is 2.07. The van der Waals surface area contributed by atoms with Crippen LogP contribution in [0, 0.1) is 12.8 Å². The van der Waals surface area contributed by atoms with E-state index in [2.05, 4.69) is 24.1 Å². The Bertz CT molecular complexity index is 455. The Morgan fingerprint density at radius 3 is 3.11 bits per heavy atom. The van der Waals surface area contributed by atoms with Crippen molar-refractivity contribution in [1.29, 1.82) is 0 Å². The number of fused-ring (bicyclic) bond motifs is 1. The second-order valence-corrected chi connectivity index (χ2v) is 7.45. The fraction of sp³-hybridized carbons (Fsp3) is 0.692. The molecule has 2 heterocycles. The van der Waals surface area contributed by atoms with E-state index in [1.807, 2.05) is 18.0 Å². The lowest BCUT2D eigenvalue weighted by Crippen LogP contribution is -2.31. The summed E-state index contributed by atoms with van der Waals surface area (Å²) in [5.41, 5.74) is 0. The van der Waals surface area contributed by atoms with E-state index >= 15 is 0 Å². The number of hydrogen-bond acceptors (Lipinski definition) is 5. The Labute approximate surface area is 116 Å². The van der Waals surface area contributed by atoms with Crippen LogP contribution in [-0.2, 0) is 0 Å². The summed E-state index contributed by atoms with van der Waals surface area (Å²) in [7, 11) is 0. The molecule has 0 amide bonds. The first-order chi connectivity index (χ1) is 8.72. The quantitative estimate of drug-likeness (QED) is 0.903. The van der Waals surface area contributed by atoms with Gasteiger partial charge in [0, 0.05) is 16.8 Å². The summed E-state index contributed by atoms with van der Waals surface area (Å²) in [5, 5.41) is 5.80. The van der Waals surface area contributed by atoms with Gasteiger partial charge in [0.25, 0.3) is 0 Å². The van der Waals surface area contributed by atoms with Crippen molar-refractivity contribution in [2.24, 2.45) is 10.9 Å². The summed E-state index contributed by atoms with van der Waals surface area (Å²) < 4.78 is 0. The van der Waals surface area contributed by atoms with Crippen LogP contribution < -0.4 is 5.32 Å². The second-order valence-electron chi connectivity index (χ2n) is 5.18. The molecule has 1 aliphatic carbocycles. The average molecular weight is 281 g/mol. The molecule has 0 saturated heterocycles. The van der Waals surface area contributed by atoms with E-state index in [9.17, 15) is 0 Å². The maximum Gasteiger partial charge on any atom is 0.157 e. The van der Waals surface area contributed by atoms with Gasteiger partial charge < -0.3 is 5.32 Å². The highest BCUT2D eigenvalue weighted by Crippen LogP contribution is 2.35. The average Bonchev–Trinajstić information content (AvgIpc) is 2.96. The number of thioether (sulfide) groups is 1. The molecule has 1 fully saturated rings. The van der Waals surface area contributed by atoms with E-state index in [1.165, 1.54) is 29.9 Å². The number of aryl methyl sites for hydroxylation is 1. The molecular weight excluding hydrogens is 262 g/mol. The fourth-order valence-corrected chi connectivity index (χ4v) is 4.66. The summed E-state index contributed by atoms with van der Waals surface area (Å²) in [6, 6.07) is 0.854. The van der Waals surface area contributed by atoms with E-state index in [4.69, 9.17) is 4.99 Å². The van der Waals surface area contributed by atoms with Crippen LogP contribution in [0.1, 0.15) is 42.1 Å². The van der Waals surface area contributed by atoms with E-state index < -0.39 is 0 Å². The highest BCUT2D eigenvalue weighted by Gasteiger charge is 2.31. The van der Waals surface area contributed by atoms with Crippen LogP contribution >= 0.6 is 23.1 Å². The zero-order valence-electron chi connectivity index (χ0n) is 10.8. The maximum absolute atomic E-state index is 4.86. The largest absolute Gasteiger partial charge is 0.356 e. The normalized spacial score (nSPS) is 28.7. The maximum atomic E-state index is 4.86. The molecule has 3 atom stereocenters. The van der Waals surface area contributed by atoms with Crippen LogP contribution in [0.3, 0.4) is 0 Å². The molecule has 0 radical (unpaired) electrons. The number of amidine groups is 1. The molecule has 3 nitrogen and oxygen atoms in total. The van der Waals surface area contributed by atoms with Crippen molar-refractivity contribution in [3.05, 3.63) is 16.1 Å². The Morgan fingerprint density at radius 1 is 1.44 bits per heavy atom. The van der Waals surface area contributed by atoms with Crippen molar-refractivity contribution in [2.75, 3.05) is 5.75 Å². The van der Waals surface area contributed by atoms with Gasteiger partial charge in [-0.05, 0) is 32.6 Å². The van der Waals surface area contributed by atoms with Gasteiger partial charge in [-0.2, -0.15) is 0 Å². The lowest BCUT2D eigenvalue weighted by Gasteiger charge is -2.25. The number of thiazole rings is 1. The van der Waals surface area contributed by atoms with Gasteiger partial charge in [-0.25, -0.2) is 4.98 Å². The molecule has 3 rings (SSSR count). The van der Waals surface area contributed by atoms with Crippen molar-refractivity contribution < 1.29 is 0 Å². The van der Waals surface area contributed by atoms with Gasteiger partial charge in [0.05, 0.1) is 12.1 Å². The van der Waals surface area contributed by atoms with Crippen LogP contribution in [0.4, 0.5) is 0 Å². The van der Waals surface area contributed by atoms with E-state index in [1.54, 1.807) is 11.3 Å². The van der Waals surface area contributed by atoms with Gasteiger partial charge in [-0.3, -0.25) is 4.99 Å². The lowest BCUT2D eigenvalue weighted by atomic mass is 10.1. The van der Waals surface area contributed by atoms with Gasteiger partial charge in [-0.15, -0.1) is 11.3 Å². The van der Waals surface area contributed by atoms with Crippen LogP contribution in [0.25, 0.3) is 0 Å². The minimum Gasteiger partial charge on any atom is -0.356 e. The minimum absolute atomic E-state index is 0.271. The Morgan fingerprint density at radius 2 is 2.33 bits per heavy atom. The molecule has 1 aliphatic heterocycles. The molecule has 1 saturated carbocycles. The molecule has 2 aliphatic rings. The Hall–Kier alpha value is -0.550. The zero-order valence-corrected chi connectivity index (χ0v) is 12.5. The van der Waals surface area contributed by atoms with Crippen LogP contribution in [0.15, 0.2) is 11.2 Å². The van der Waals surface area contributed by atoms with Crippen molar-refractivity contribution in [3.8, 4) is 0 Å². The van der Waals surface area contributed by atoms with Crippen LogP contribution in [0.5, 0.6) is 0 Å². The van der Waals surface area contributed by atoms with Gasteiger partial charge in [0.1, 0.15) is 5.01 Å². The topological polar surface area (TPSA) is 37.3 Å². The molecule has 3 unspecified atom stereocenters. The number of aliphatic imine (C=N–C) groups is 1. The van der Waals surface area contributed by atoms with Crippen LogP contribution in [-0.4, -0.2) is 21.9 Å². The van der Waals surface area contributed by atoms with Gasteiger partial charge >= 0.3 is 0 Å². The third kappa shape index (κ3) is 2.57. The van der Waals surface area contributed by atoms with E-state index in [0.29, 0.717) is 6.04 Å². The lowest BCUT2D eigenvalue weighted by molar-refractivity contribution is 0.531. The highest BCUT2D eigenvalue weighted by atomic mass is 32.2. The summed E-state index contributed by atoms with van der Waals surface area (Å²) >= 11 is 3.65. The zero-order chi connectivity index (χ0) is 12.5. The van der Waals surface area contributed by atoms with Gasteiger partial charge in [0.15, 0.2) is 5.17 Å². The Balaban J connectivity index is 1.66. The molecule has 0 spiro atoms. The number of nitrogens with one attached hydrogen (secondary N) is 1. The van der Waals surface area contributed by atoms with E-state index in [-0.39, 0.29) is 6.04 Å². The minimum atomic E-state index is 0.271.